The summed E-state index contributed by atoms with van der Waals surface area (Å²) >= 11 is 0. The molecule has 16 heavy (non-hydrogen) atoms. The van der Waals surface area contributed by atoms with E-state index in [0.717, 1.165) is 4.90 Å². The average Bonchev–Trinajstić information content (AvgIpc) is 2.24. The molecule has 0 saturated heterocycles. The fourth-order valence-corrected chi connectivity index (χ4v) is 0.964. The largest absolute Gasteiger partial charge is 0.480 e. The van der Waals surface area contributed by atoms with Gasteiger partial charge in [-0.1, -0.05) is 6.92 Å². The molecule has 0 spiro atoms. The predicted molar refractivity (Wildman–Crippen MR) is 56.9 cm³/mol. The fourth-order valence-electron chi connectivity index (χ4n) is 0.964. The van der Waals surface area contributed by atoms with Gasteiger partial charge < -0.3 is 20.6 Å². The van der Waals surface area contributed by atoms with Gasteiger partial charge in [0.1, 0.15) is 12.6 Å². The zero-order valence-corrected chi connectivity index (χ0v) is 9.61. The Morgan fingerprint density at radius 2 is 1.94 bits per heavy atom. The van der Waals surface area contributed by atoms with Crippen molar-refractivity contribution in [2.24, 2.45) is 0 Å². The van der Waals surface area contributed by atoms with Gasteiger partial charge in [0.2, 0.25) is 5.91 Å². The van der Waals surface area contributed by atoms with Crippen molar-refractivity contribution in [3.05, 3.63) is 0 Å². The Morgan fingerprint density at radius 1 is 1.38 bits per heavy atom. The SMILES string of the molecule is CC[C@@H](NC(=O)N(C)CC(=O)NC)C(=O)O. The maximum Gasteiger partial charge on any atom is 0.326 e. The number of carboxylic acid groups (broad SMARTS) is 1. The van der Waals surface area contributed by atoms with Crippen LogP contribution in [0.2, 0.25) is 0 Å². The number of nitrogens with one attached hydrogen (secondary N) is 2. The Hall–Kier alpha value is -1.79. The van der Waals surface area contributed by atoms with Gasteiger partial charge in [-0.3, -0.25) is 4.79 Å². The van der Waals surface area contributed by atoms with Gasteiger partial charge in [0.15, 0.2) is 0 Å². The van der Waals surface area contributed by atoms with E-state index >= 15 is 0 Å². The molecule has 0 aromatic heterocycles. The molecule has 0 bridgehead atoms. The molecular weight excluding hydrogens is 214 g/mol. The number of aliphatic carboxylic acids is 1. The van der Waals surface area contributed by atoms with E-state index in [1.807, 2.05) is 0 Å². The number of hydrogen-bond donors (Lipinski definition) is 3. The standard InChI is InChI=1S/C9H17N3O4/c1-4-6(8(14)15)11-9(16)12(3)5-7(13)10-2/h6H,4-5H2,1-3H3,(H,10,13)(H,11,16)(H,14,15)/t6-/m1/s1. The number of carboxylic acids is 1. The van der Waals surface area contributed by atoms with Crippen molar-refractivity contribution in [3.63, 3.8) is 0 Å². The van der Waals surface area contributed by atoms with Crippen molar-refractivity contribution in [2.75, 3.05) is 20.6 Å². The molecule has 0 aromatic carbocycles. The number of likely N-dealkylation sites (N-methyl/N-ethyl adjacent to an activating group) is 2. The number of carbonyl (C=O) groups excluding carboxylic acids is 2. The predicted octanol–water partition coefficient (Wildman–Crippen LogP) is -0.763. The van der Waals surface area contributed by atoms with Crippen molar-refractivity contribution in [3.8, 4) is 0 Å². The molecule has 0 radical (unpaired) electrons. The Morgan fingerprint density at radius 3 is 2.31 bits per heavy atom. The summed E-state index contributed by atoms with van der Waals surface area (Å²) in [5.74, 6) is -1.41. The molecule has 0 aromatic rings. The minimum absolute atomic E-state index is 0.113. The highest BCUT2D eigenvalue weighted by atomic mass is 16.4. The highest BCUT2D eigenvalue weighted by molar-refractivity contribution is 5.86. The summed E-state index contributed by atoms with van der Waals surface area (Å²) in [7, 11) is 2.87. The van der Waals surface area contributed by atoms with E-state index in [0.29, 0.717) is 0 Å². The van der Waals surface area contributed by atoms with E-state index in [4.69, 9.17) is 5.11 Å². The molecular formula is C9H17N3O4. The van der Waals surface area contributed by atoms with Crippen molar-refractivity contribution in [1.29, 1.82) is 0 Å². The second kappa shape index (κ2) is 6.65. The van der Waals surface area contributed by atoms with Crippen LogP contribution in [-0.4, -0.2) is 54.6 Å². The second-order valence-corrected chi connectivity index (χ2v) is 3.28. The third-order valence-corrected chi connectivity index (χ3v) is 2.01. The summed E-state index contributed by atoms with van der Waals surface area (Å²) in [5, 5.41) is 13.4. The number of rotatable bonds is 5. The van der Waals surface area contributed by atoms with Crippen molar-refractivity contribution < 1.29 is 19.5 Å². The molecule has 0 aliphatic rings. The van der Waals surface area contributed by atoms with Gasteiger partial charge in [0.05, 0.1) is 0 Å². The zero-order chi connectivity index (χ0) is 12.7. The third-order valence-electron chi connectivity index (χ3n) is 2.01. The normalized spacial score (nSPS) is 11.4. The lowest BCUT2D eigenvalue weighted by molar-refractivity contribution is -0.139. The maximum atomic E-state index is 11.4. The van der Waals surface area contributed by atoms with Crippen LogP contribution >= 0.6 is 0 Å². The first-order chi connectivity index (χ1) is 7.42. The lowest BCUT2D eigenvalue weighted by Crippen LogP contribution is -2.48. The number of hydrogen-bond acceptors (Lipinski definition) is 3. The van der Waals surface area contributed by atoms with Crippen molar-refractivity contribution in [2.45, 2.75) is 19.4 Å². The molecule has 0 fully saturated rings. The quantitative estimate of drug-likeness (QED) is 0.579. The molecule has 0 aliphatic heterocycles. The molecule has 0 heterocycles. The van der Waals surface area contributed by atoms with Gasteiger partial charge in [0.25, 0.3) is 0 Å². The lowest BCUT2D eigenvalue weighted by atomic mass is 10.2. The van der Waals surface area contributed by atoms with E-state index in [-0.39, 0.29) is 18.9 Å². The topological polar surface area (TPSA) is 98.7 Å². The van der Waals surface area contributed by atoms with Crippen LogP contribution in [0.1, 0.15) is 13.3 Å². The molecule has 7 heteroatoms. The summed E-state index contributed by atoms with van der Waals surface area (Å²) in [6.07, 6.45) is 0.287. The van der Waals surface area contributed by atoms with Crippen LogP contribution in [0.3, 0.4) is 0 Å². The van der Waals surface area contributed by atoms with Crippen LogP contribution in [0.15, 0.2) is 0 Å². The van der Waals surface area contributed by atoms with Gasteiger partial charge in [0, 0.05) is 14.1 Å². The average molecular weight is 231 g/mol. The van der Waals surface area contributed by atoms with E-state index in [9.17, 15) is 14.4 Å². The van der Waals surface area contributed by atoms with Gasteiger partial charge in [-0.25, -0.2) is 9.59 Å². The Labute approximate surface area is 93.8 Å². The van der Waals surface area contributed by atoms with Crippen molar-refractivity contribution in [1.82, 2.24) is 15.5 Å². The highest BCUT2D eigenvalue weighted by Crippen LogP contribution is 1.93. The number of urea groups is 1. The van der Waals surface area contributed by atoms with Gasteiger partial charge in [-0.15, -0.1) is 0 Å². The van der Waals surface area contributed by atoms with E-state index < -0.39 is 18.0 Å². The first-order valence-electron chi connectivity index (χ1n) is 4.87. The highest BCUT2D eigenvalue weighted by Gasteiger charge is 2.20. The molecule has 1 atom stereocenters. The minimum atomic E-state index is -1.09. The first kappa shape index (κ1) is 14.2. The first-order valence-corrected chi connectivity index (χ1v) is 4.87. The Balaban J connectivity index is 4.23. The van der Waals surface area contributed by atoms with Gasteiger partial charge in [-0.2, -0.15) is 0 Å². The smallest absolute Gasteiger partial charge is 0.326 e. The summed E-state index contributed by atoms with van der Waals surface area (Å²) in [6, 6.07) is -1.52. The van der Waals surface area contributed by atoms with Crippen LogP contribution in [0.5, 0.6) is 0 Å². The molecule has 0 rings (SSSR count). The van der Waals surface area contributed by atoms with E-state index in [2.05, 4.69) is 10.6 Å². The monoisotopic (exact) mass is 231 g/mol. The molecule has 3 amide bonds. The van der Waals surface area contributed by atoms with Crippen LogP contribution in [0.25, 0.3) is 0 Å². The molecule has 92 valence electrons. The number of amides is 3. The zero-order valence-electron chi connectivity index (χ0n) is 9.61. The molecule has 0 aliphatic carbocycles. The van der Waals surface area contributed by atoms with E-state index in [1.165, 1.54) is 14.1 Å². The summed E-state index contributed by atoms with van der Waals surface area (Å²) in [5.41, 5.74) is 0. The molecule has 3 N–H and O–H groups in total. The lowest BCUT2D eigenvalue weighted by Gasteiger charge is -2.19. The van der Waals surface area contributed by atoms with Crippen molar-refractivity contribution >= 4 is 17.9 Å². The van der Waals surface area contributed by atoms with Crippen LogP contribution < -0.4 is 10.6 Å². The Bertz CT molecular complexity index is 280. The van der Waals surface area contributed by atoms with Gasteiger partial charge in [-0.05, 0) is 6.42 Å². The summed E-state index contributed by atoms with van der Waals surface area (Å²) in [6.45, 7) is 1.54. The molecule has 0 saturated carbocycles. The molecule has 0 unspecified atom stereocenters. The fraction of sp³-hybridized carbons (Fsp3) is 0.667. The van der Waals surface area contributed by atoms with E-state index in [1.54, 1.807) is 6.92 Å². The molecule has 7 nitrogen and oxygen atoms in total. The number of carbonyl (C=O) groups is 3. The van der Waals surface area contributed by atoms with Crippen LogP contribution in [-0.2, 0) is 9.59 Å². The summed E-state index contributed by atoms with van der Waals surface area (Å²) in [4.78, 5) is 34.2. The van der Waals surface area contributed by atoms with Crippen LogP contribution in [0.4, 0.5) is 4.79 Å². The third kappa shape index (κ3) is 4.63. The summed E-state index contributed by atoms with van der Waals surface area (Å²) < 4.78 is 0. The number of nitrogens with zero attached hydrogens (tertiary/aromatic N) is 1. The minimum Gasteiger partial charge on any atom is -0.480 e. The van der Waals surface area contributed by atoms with Crippen LogP contribution in [0, 0.1) is 0 Å². The van der Waals surface area contributed by atoms with Gasteiger partial charge >= 0.3 is 12.0 Å². The second-order valence-electron chi connectivity index (χ2n) is 3.28. The maximum absolute atomic E-state index is 11.4. The Kier molecular flexibility index (Phi) is 5.91.